The summed E-state index contributed by atoms with van der Waals surface area (Å²) in [6.07, 6.45) is 0. The summed E-state index contributed by atoms with van der Waals surface area (Å²) in [6.45, 7) is 7.04. The molecule has 2 rings (SSSR count). The molecule has 7 heteroatoms. The van der Waals surface area contributed by atoms with Gasteiger partial charge in [-0.15, -0.1) is 11.3 Å². The van der Waals surface area contributed by atoms with Crippen LogP contribution in [0.25, 0.3) is 0 Å². The van der Waals surface area contributed by atoms with Crippen LogP contribution in [0, 0.1) is 0 Å². The van der Waals surface area contributed by atoms with Crippen molar-refractivity contribution in [1.29, 1.82) is 0 Å². The molecule has 19 heavy (non-hydrogen) atoms. The van der Waals surface area contributed by atoms with E-state index >= 15 is 0 Å². The Bertz CT molecular complexity index is 497. The molecule has 1 N–H and O–H groups in total. The summed E-state index contributed by atoms with van der Waals surface area (Å²) in [4.78, 5) is 6.74. The van der Waals surface area contributed by atoms with E-state index in [0.717, 1.165) is 23.8 Å². The fourth-order valence-corrected chi connectivity index (χ4v) is 3.94. The summed E-state index contributed by atoms with van der Waals surface area (Å²) >= 11 is 1.66. The maximum atomic E-state index is 11.4. The van der Waals surface area contributed by atoms with Crippen molar-refractivity contribution in [3.63, 3.8) is 0 Å². The Labute approximate surface area is 119 Å². The Kier molecular flexibility index (Phi) is 4.94. The van der Waals surface area contributed by atoms with E-state index in [2.05, 4.69) is 34.4 Å². The van der Waals surface area contributed by atoms with Crippen molar-refractivity contribution in [1.82, 2.24) is 15.2 Å². The van der Waals surface area contributed by atoms with Gasteiger partial charge in [-0.1, -0.05) is 13.8 Å². The maximum absolute atomic E-state index is 11.4. The molecule has 108 valence electrons. The lowest BCUT2D eigenvalue weighted by atomic mass is 10.4. The minimum atomic E-state index is -2.79. The van der Waals surface area contributed by atoms with Crippen molar-refractivity contribution in [2.24, 2.45) is 0 Å². The average molecular weight is 303 g/mol. The molecule has 0 saturated carbocycles. The Morgan fingerprint density at radius 3 is 2.74 bits per heavy atom. The second-order valence-electron chi connectivity index (χ2n) is 5.20. The molecule has 1 aromatic rings. The van der Waals surface area contributed by atoms with E-state index in [1.165, 1.54) is 0 Å². The zero-order valence-corrected chi connectivity index (χ0v) is 13.1. The molecule has 1 saturated heterocycles. The molecule has 1 aliphatic rings. The minimum Gasteiger partial charge on any atom is -0.308 e. The molecular formula is C12H21N3O2S2. The van der Waals surface area contributed by atoms with Crippen LogP contribution in [-0.2, 0) is 22.9 Å². The van der Waals surface area contributed by atoms with Gasteiger partial charge in [0.1, 0.15) is 5.01 Å². The Balaban J connectivity index is 1.83. The molecule has 0 aromatic carbocycles. The molecule has 0 amide bonds. The Morgan fingerprint density at radius 2 is 2.11 bits per heavy atom. The van der Waals surface area contributed by atoms with Gasteiger partial charge in [0.05, 0.1) is 17.2 Å². The van der Waals surface area contributed by atoms with E-state index in [1.807, 2.05) is 0 Å². The van der Waals surface area contributed by atoms with Crippen molar-refractivity contribution < 1.29 is 8.42 Å². The van der Waals surface area contributed by atoms with Gasteiger partial charge in [0.2, 0.25) is 0 Å². The smallest absolute Gasteiger partial charge is 0.152 e. The summed E-state index contributed by atoms with van der Waals surface area (Å²) in [5, 5.41) is 6.51. The molecule has 1 fully saturated rings. The maximum Gasteiger partial charge on any atom is 0.152 e. The predicted molar refractivity (Wildman–Crippen MR) is 78.0 cm³/mol. The number of hydrogen-bond acceptors (Lipinski definition) is 6. The number of rotatable bonds is 5. The highest BCUT2D eigenvalue weighted by molar-refractivity contribution is 7.91. The number of nitrogens with zero attached hydrogens (tertiary/aromatic N) is 2. The summed E-state index contributed by atoms with van der Waals surface area (Å²) < 4.78 is 22.7. The normalized spacial score (nSPS) is 19.9. The van der Waals surface area contributed by atoms with Crippen molar-refractivity contribution in [3.8, 4) is 0 Å². The van der Waals surface area contributed by atoms with Crippen LogP contribution in [0.2, 0.25) is 0 Å². The fourth-order valence-electron chi connectivity index (χ4n) is 1.93. The Morgan fingerprint density at radius 1 is 1.42 bits per heavy atom. The van der Waals surface area contributed by atoms with Crippen LogP contribution >= 0.6 is 11.3 Å². The largest absolute Gasteiger partial charge is 0.308 e. The van der Waals surface area contributed by atoms with Gasteiger partial charge in [-0.05, 0) is 0 Å². The zero-order chi connectivity index (χ0) is 13.9. The first-order chi connectivity index (χ1) is 8.94. The third-order valence-electron chi connectivity index (χ3n) is 3.08. The first kappa shape index (κ1) is 14.9. The van der Waals surface area contributed by atoms with Crippen LogP contribution in [0.15, 0.2) is 5.38 Å². The highest BCUT2D eigenvalue weighted by atomic mass is 32.2. The number of thiazole rings is 1. The van der Waals surface area contributed by atoms with Gasteiger partial charge in [-0.2, -0.15) is 0 Å². The zero-order valence-electron chi connectivity index (χ0n) is 11.4. The fraction of sp³-hybridized carbons (Fsp3) is 0.750. The monoisotopic (exact) mass is 303 g/mol. The van der Waals surface area contributed by atoms with E-state index in [9.17, 15) is 8.42 Å². The molecule has 2 heterocycles. The molecule has 1 aliphatic heterocycles. The lowest BCUT2D eigenvalue weighted by Gasteiger charge is -2.25. The van der Waals surface area contributed by atoms with Gasteiger partial charge in [0.25, 0.3) is 0 Å². The van der Waals surface area contributed by atoms with E-state index < -0.39 is 9.84 Å². The highest BCUT2D eigenvalue weighted by Crippen LogP contribution is 2.13. The molecule has 0 radical (unpaired) electrons. The van der Waals surface area contributed by atoms with Gasteiger partial charge in [-0.3, -0.25) is 4.90 Å². The second-order valence-corrected chi connectivity index (χ2v) is 8.44. The average Bonchev–Trinajstić information content (AvgIpc) is 2.77. The van der Waals surface area contributed by atoms with Crippen LogP contribution in [0.4, 0.5) is 0 Å². The molecule has 1 aromatic heterocycles. The number of hydrogen-bond donors (Lipinski definition) is 1. The number of sulfone groups is 1. The molecule has 0 aliphatic carbocycles. The van der Waals surface area contributed by atoms with Crippen LogP contribution in [0.1, 0.15) is 24.5 Å². The minimum absolute atomic E-state index is 0.277. The standard InChI is InChI=1S/C12H21N3O2S2/c1-10(2)13-7-12-14-11(9-18-12)8-15-3-5-19(16,17)6-4-15/h9-10,13H,3-8H2,1-2H3. The van der Waals surface area contributed by atoms with Gasteiger partial charge >= 0.3 is 0 Å². The van der Waals surface area contributed by atoms with E-state index in [1.54, 1.807) is 11.3 Å². The quantitative estimate of drug-likeness (QED) is 0.874. The predicted octanol–water partition coefficient (Wildman–Crippen LogP) is 0.872. The summed E-state index contributed by atoms with van der Waals surface area (Å²) in [5.41, 5.74) is 1.05. The van der Waals surface area contributed by atoms with E-state index in [-0.39, 0.29) is 11.5 Å². The van der Waals surface area contributed by atoms with Crippen molar-refractivity contribution in [3.05, 3.63) is 16.1 Å². The van der Waals surface area contributed by atoms with Gasteiger partial charge in [0, 0.05) is 37.6 Å². The Hall–Kier alpha value is -0.500. The van der Waals surface area contributed by atoms with Crippen LogP contribution < -0.4 is 5.32 Å². The van der Waals surface area contributed by atoms with Crippen LogP contribution in [0.5, 0.6) is 0 Å². The van der Waals surface area contributed by atoms with Crippen molar-refractivity contribution >= 4 is 21.2 Å². The summed E-state index contributed by atoms with van der Waals surface area (Å²) in [7, 11) is -2.79. The number of nitrogens with one attached hydrogen (secondary N) is 1. The molecule has 0 spiro atoms. The molecule has 0 atom stereocenters. The van der Waals surface area contributed by atoms with Gasteiger partial charge in [0.15, 0.2) is 9.84 Å². The molecular weight excluding hydrogens is 282 g/mol. The van der Waals surface area contributed by atoms with Crippen molar-refractivity contribution in [2.45, 2.75) is 33.0 Å². The van der Waals surface area contributed by atoms with Crippen LogP contribution in [0.3, 0.4) is 0 Å². The lowest BCUT2D eigenvalue weighted by molar-refractivity contribution is 0.284. The third kappa shape index (κ3) is 4.83. The van der Waals surface area contributed by atoms with E-state index in [0.29, 0.717) is 19.1 Å². The van der Waals surface area contributed by atoms with Gasteiger partial charge < -0.3 is 5.32 Å². The summed E-state index contributed by atoms with van der Waals surface area (Å²) in [5.74, 6) is 0.553. The first-order valence-electron chi connectivity index (χ1n) is 6.54. The summed E-state index contributed by atoms with van der Waals surface area (Å²) in [6, 6.07) is 0.458. The molecule has 0 bridgehead atoms. The van der Waals surface area contributed by atoms with E-state index in [4.69, 9.17) is 0 Å². The van der Waals surface area contributed by atoms with Crippen LogP contribution in [-0.4, -0.2) is 48.9 Å². The first-order valence-corrected chi connectivity index (χ1v) is 9.24. The van der Waals surface area contributed by atoms with Crippen molar-refractivity contribution in [2.75, 3.05) is 24.6 Å². The topological polar surface area (TPSA) is 62.3 Å². The molecule has 0 unspecified atom stereocenters. The second kappa shape index (κ2) is 6.30. The lowest BCUT2D eigenvalue weighted by Crippen LogP contribution is -2.39. The van der Waals surface area contributed by atoms with Gasteiger partial charge in [-0.25, -0.2) is 13.4 Å². The SMILES string of the molecule is CC(C)NCc1nc(CN2CCS(=O)(=O)CC2)cs1. The highest BCUT2D eigenvalue weighted by Gasteiger charge is 2.21. The number of aromatic nitrogens is 1. The third-order valence-corrected chi connectivity index (χ3v) is 5.59. The molecule has 5 nitrogen and oxygen atoms in total.